The van der Waals surface area contributed by atoms with Gasteiger partial charge in [0.1, 0.15) is 23.2 Å². The van der Waals surface area contributed by atoms with Gasteiger partial charge in [0.2, 0.25) is 3.79 Å². The summed E-state index contributed by atoms with van der Waals surface area (Å²) in [5.41, 5.74) is -0.240. The van der Waals surface area contributed by atoms with E-state index in [2.05, 4.69) is 0 Å². The van der Waals surface area contributed by atoms with Crippen LogP contribution in [0.4, 0.5) is 0 Å². The third-order valence-electron chi connectivity index (χ3n) is 2.13. The molecule has 1 heterocycles. The number of hydrogen-bond acceptors (Lipinski definition) is 5. The van der Waals surface area contributed by atoms with Crippen LogP contribution in [0.1, 0.15) is 24.5 Å². The molecular weight excluding hydrogens is 328 g/mol. The molecule has 0 aliphatic carbocycles. The van der Waals surface area contributed by atoms with Crippen molar-refractivity contribution < 1.29 is 19.1 Å². The Kier molecular flexibility index (Phi) is 5.90. The number of rotatable bonds is 4. The van der Waals surface area contributed by atoms with Gasteiger partial charge in [-0.3, -0.25) is 0 Å². The number of aliphatic hydroxyl groups excluding tert-OH is 1. The number of aliphatic hydroxyl groups is 1. The third-order valence-corrected chi connectivity index (χ3v) is 2.75. The van der Waals surface area contributed by atoms with Crippen LogP contribution in [0.2, 0.25) is 0 Å². The molecule has 0 saturated heterocycles. The first-order valence-electron chi connectivity index (χ1n) is 5.43. The molecule has 0 spiro atoms. The van der Waals surface area contributed by atoms with Gasteiger partial charge in [-0.05, 0) is 19.1 Å². The molecule has 8 heteroatoms. The Balaban J connectivity index is 2.97. The van der Waals surface area contributed by atoms with E-state index in [4.69, 9.17) is 49.2 Å². The molecule has 0 aliphatic heterocycles. The second-order valence-corrected chi connectivity index (χ2v) is 5.94. The fourth-order valence-corrected chi connectivity index (χ4v) is 1.56. The van der Waals surface area contributed by atoms with Crippen molar-refractivity contribution in [2.24, 2.45) is 0 Å². The van der Waals surface area contributed by atoms with Crippen molar-refractivity contribution in [2.75, 3.05) is 6.61 Å². The number of nitriles is 1. The van der Waals surface area contributed by atoms with E-state index in [0.717, 1.165) is 0 Å². The molecule has 1 rings (SSSR count). The van der Waals surface area contributed by atoms with Crippen LogP contribution in [0.15, 0.2) is 22.1 Å². The summed E-state index contributed by atoms with van der Waals surface area (Å²) < 4.78 is 7.94. The summed E-state index contributed by atoms with van der Waals surface area (Å²) in [5.74, 6) is -0.620. The Hall–Kier alpha value is -1.19. The van der Waals surface area contributed by atoms with Crippen molar-refractivity contribution in [3.63, 3.8) is 0 Å². The summed E-state index contributed by atoms with van der Waals surface area (Å²) in [6.07, 6.45) is -0.296. The smallest absolute Gasteiger partial charge is 0.349 e. The second-order valence-electron chi connectivity index (χ2n) is 3.57. The first-order chi connectivity index (χ1) is 9.29. The lowest BCUT2D eigenvalue weighted by atomic mass is 10.2. The molecule has 1 N–H and O–H groups in total. The van der Waals surface area contributed by atoms with Gasteiger partial charge in [-0.1, -0.05) is 34.8 Å². The van der Waals surface area contributed by atoms with Gasteiger partial charge < -0.3 is 14.3 Å². The van der Waals surface area contributed by atoms with E-state index in [1.54, 1.807) is 13.0 Å². The van der Waals surface area contributed by atoms with E-state index in [9.17, 15) is 9.90 Å². The Labute approximate surface area is 130 Å². The molecule has 1 aromatic rings. The Bertz CT molecular complexity index is 554. The number of alkyl halides is 3. The maximum Gasteiger partial charge on any atom is 0.349 e. The van der Waals surface area contributed by atoms with Gasteiger partial charge in [0, 0.05) is 6.08 Å². The Morgan fingerprint density at radius 1 is 1.60 bits per heavy atom. The molecule has 1 aromatic heterocycles. The van der Waals surface area contributed by atoms with E-state index >= 15 is 0 Å². The summed E-state index contributed by atoms with van der Waals surface area (Å²) in [6, 6.07) is 4.49. The van der Waals surface area contributed by atoms with E-state index in [0.29, 0.717) is 0 Å². The predicted octanol–water partition coefficient (Wildman–Crippen LogP) is 3.15. The van der Waals surface area contributed by atoms with Crippen LogP contribution in [0, 0.1) is 11.3 Å². The average molecular weight is 339 g/mol. The summed E-state index contributed by atoms with van der Waals surface area (Å²) >= 11 is 16.6. The van der Waals surface area contributed by atoms with Crippen LogP contribution in [0.25, 0.3) is 6.08 Å². The highest BCUT2D eigenvalue weighted by Gasteiger charge is 2.34. The fraction of sp³-hybridized carbons (Fsp3) is 0.333. The van der Waals surface area contributed by atoms with Gasteiger partial charge in [0.05, 0.1) is 6.61 Å². The maximum atomic E-state index is 11.4. The minimum Gasteiger partial charge on any atom is -0.462 e. The summed E-state index contributed by atoms with van der Waals surface area (Å²) in [5, 5.41) is 18.5. The maximum absolute atomic E-state index is 11.4. The molecule has 0 radical (unpaired) electrons. The molecule has 0 amide bonds. The second kappa shape index (κ2) is 7.00. The molecule has 108 valence electrons. The van der Waals surface area contributed by atoms with Gasteiger partial charge in [-0.25, -0.2) is 4.79 Å². The normalized spacial score (nSPS) is 13.7. The minimum atomic E-state index is -1.95. The summed E-state index contributed by atoms with van der Waals surface area (Å²) in [7, 11) is 0. The highest BCUT2D eigenvalue weighted by Crippen LogP contribution is 2.40. The number of ether oxygens (including phenoxy) is 1. The zero-order valence-corrected chi connectivity index (χ0v) is 12.5. The fourth-order valence-electron chi connectivity index (χ4n) is 1.24. The standard InChI is InChI=1S/C12H10Cl3NO4/c1-2-19-11(18)7(6-16)5-8-3-4-9(20-8)10(17)12(13,14)15/h3-5,10,17H,2H2,1H3/b7-5-/t10-/m1/s1. The zero-order valence-electron chi connectivity index (χ0n) is 10.3. The number of carbonyl (C=O) groups excluding carboxylic acids is 1. The average Bonchev–Trinajstić information content (AvgIpc) is 2.82. The van der Waals surface area contributed by atoms with Gasteiger partial charge >= 0.3 is 5.97 Å². The van der Waals surface area contributed by atoms with Gasteiger partial charge in [-0.15, -0.1) is 0 Å². The van der Waals surface area contributed by atoms with Crippen molar-refractivity contribution in [3.8, 4) is 6.07 Å². The molecule has 0 bridgehead atoms. The molecule has 0 aliphatic rings. The SMILES string of the molecule is CCOC(=O)/C(C#N)=C\c1ccc([C@@H](O)C(Cl)(Cl)Cl)o1. The van der Waals surface area contributed by atoms with Crippen molar-refractivity contribution in [1.82, 2.24) is 0 Å². The first-order valence-corrected chi connectivity index (χ1v) is 6.56. The van der Waals surface area contributed by atoms with Gasteiger partial charge in [0.15, 0.2) is 6.10 Å². The third kappa shape index (κ3) is 4.43. The number of nitrogens with zero attached hydrogens (tertiary/aromatic N) is 1. The molecular formula is C12H10Cl3NO4. The van der Waals surface area contributed by atoms with E-state index in [1.807, 2.05) is 0 Å². The molecule has 0 fully saturated rings. The lowest BCUT2D eigenvalue weighted by molar-refractivity contribution is -0.137. The van der Waals surface area contributed by atoms with Crippen LogP contribution in [-0.4, -0.2) is 21.5 Å². The van der Waals surface area contributed by atoms with Crippen LogP contribution < -0.4 is 0 Å². The van der Waals surface area contributed by atoms with Crippen LogP contribution >= 0.6 is 34.8 Å². The highest BCUT2D eigenvalue weighted by molar-refractivity contribution is 6.67. The largest absolute Gasteiger partial charge is 0.462 e. The van der Waals surface area contributed by atoms with E-state index < -0.39 is 15.9 Å². The van der Waals surface area contributed by atoms with Crippen molar-refractivity contribution in [1.29, 1.82) is 5.26 Å². The van der Waals surface area contributed by atoms with Crippen molar-refractivity contribution >= 4 is 46.8 Å². The quantitative estimate of drug-likeness (QED) is 0.394. The molecule has 0 unspecified atom stereocenters. The number of hydrogen-bond donors (Lipinski definition) is 1. The van der Waals surface area contributed by atoms with E-state index in [1.165, 1.54) is 18.2 Å². The molecule has 0 aromatic carbocycles. The van der Waals surface area contributed by atoms with Gasteiger partial charge in [0.25, 0.3) is 0 Å². The van der Waals surface area contributed by atoms with Crippen LogP contribution in [0.5, 0.6) is 0 Å². The monoisotopic (exact) mass is 337 g/mol. The number of furan rings is 1. The van der Waals surface area contributed by atoms with E-state index in [-0.39, 0.29) is 23.7 Å². The van der Waals surface area contributed by atoms with Crippen LogP contribution in [0.3, 0.4) is 0 Å². The predicted molar refractivity (Wildman–Crippen MR) is 74.2 cm³/mol. The topological polar surface area (TPSA) is 83.5 Å². The summed E-state index contributed by atoms with van der Waals surface area (Å²) in [4.78, 5) is 11.4. The van der Waals surface area contributed by atoms with Crippen molar-refractivity contribution in [3.05, 3.63) is 29.2 Å². The zero-order chi connectivity index (χ0) is 15.3. The first kappa shape index (κ1) is 16.9. The highest BCUT2D eigenvalue weighted by atomic mass is 35.6. The number of carbonyl (C=O) groups is 1. The lowest BCUT2D eigenvalue weighted by Crippen LogP contribution is -2.15. The molecule has 5 nitrogen and oxygen atoms in total. The Morgan fingerprint density at radius 2 is 2.25 bits per heavy atom. The van der Waals surface area contributed by atoms with Crippen molar-refractivity contribution in [2.45, 2.75) is 16.8 Å². The molecule has 1 atom stereocenters. The van der Waals surface area contributed by atoms with Gasteiger partial charge in [-0.2, -0.15) is 5.26 Å². The summed E-state index contributed by atoms with van der Waals surface area (Å²) in [6.45, 7) is 1.77. The van der Waals surface area contributed by atoms with Crippen LogP contribution in [-0.2, 0) is 9.53 Å². The minimum absolute atomic E-state index is 0.00241. The lowest BCUT2D eigenvalue weighted by Gasteiger charge is -2.16. The number of esters is 1. The molecule has 20 heavy (non-hydrogen) atoms. The molecule has 0 saturated carbocycles. The Morgan fingerprint density at radius 3 is 2.75 bits per heavy atom. The number of halogens is 3.